The molecule has 0 saturated carbocycles. The molecule has 0 aliphatic carbocycles. The van der Waals surface area contributed by atoms with E-state index in [1.807, 2.05) is 41.5 Å². The van der Waals surface area contributed by atoms with Crippen molar-refractivity contribution in [2.45, 2.75) is 59.5 Å². The molecule has 19 heavy (non-hydrogen) atoms. The Morgan fingerprint density at radius 2 is 1.74 bits per heavy atom. The molecule has 1 aromatic rings. The van der Waals surface area contributed by atoms with E-state index in [0.29, 0.717) is 15.9 Å². The fourth-order valence-electron chi connectivity index (χ4n) is 1.48. The summed E-state index contributed by atoms with van der Waals surface area (Å²) in [6.07, 6.45) is 0.103. The molecule has 0 aliphatic rings. The van der Waals surface area contributed by atoms with Crippen LogP contribution in [0.25, 0.3) is 0 Å². The van der Waals surface area contributed by atoms with Gasteiger partial charge in [0.1, 0.15) is 0 Å². The Labute approximate surface area is 132 Å². The van der Waals surface area contributed by atoms with Gasteiger partial charge in [0.05, 0.1) is 12.2 Å². The molecular formula is C12H20BLiNO3S. The number of hydrogen-bond donors (Lipinski definition) is 0. The Hall–Kier alpha value is -0.148. The number of aromatic nitrogens is 1. The van der Waals surface area contributed by atoms with Crippen molar-refractivity contribution in [2.24, 2.45) is 0 Å². The molecule has 1 aromatic heterocycles. The third-order valence-corrected chi connectivity index (χ3v) is 2.55. The van der Waals surface area contributed by atoms with Crippen molar-refractivity contribution >= 4 is 24.1 Å². The summed E-state index contributed by atoms with van der Waals surface area (Å²) in [7, 11) is 5.68. The molecule has 7 heteroatoms. The molecule has 0 atom stereocenters. The van der Waals surface area contributed by atoms with Crippen LogP contribution in [0.4, 0.5) is 0 Å². The van der Waals surface area contributed by atoms with Gasteiger partial charge in [-0.1, -0.05) is 0 Å². The normalized spacial score (nSPS) is 11.6. The summed E-state index contributed by atoms with van der Waals surface area (Å²) in [5.41, 5.74) is 0. The summed E-state index contributed by atoms with van der Waals surface area (Å²) < 4.78 is 17.0. The Morgan fingerprint density at radius 3 is 2.21 bits per heavy atom. The summed E-state index contributed by atoms with van der Waals surface area (Å²) in [4.78, 5) is 4.54. The van der Waals surface area contributed by atoms with Crippen LogP contribution in [-0.2, 0) is 4.74 Å². The van der Waals surface area contributed by atoms with E-state index in [9.17, 15) is 0 Å². The van der Waals surface area contributed by atoms with Crippen molar-refractivity contribution in [3.63, 3.8) is 0 Å². The first-order valence-electron chi connectivity index (χ1n) is 5.99. The van der Waals surface area contributed by atoms with E-state index in [-0.39, 0.29) is 31.1 Å². The molecule has 0 aliphatic heterocycles. The summed E-state index contributed by atoms with van der Waals surface area (Å²) in [5.74, 6) is -0.388. The Balaban J connectivity index is 0.00000324. The second kappa shape index (κ2) is 7.59. The van der Waals surface area contributed by atoms with Gasteiger partial charge in [-0.25, -0.2) is 0 Å². The fourth-order valence-corrected chi connectivity index (χ4v) is 2.22. The molecule has 4 nitrogen and oxygen atoms in total. The van der Waals surface area contributed by atoms with Gasteiger partial charge in [0.25, 0.3) is 5.88 Å². The predicted molar refractivity (Wildman–Crippen MR) is 74.2 cm³/mol. The molecule has 101 valence electrons. The summed E-state index contributed by atoms with van der Waals surface area (Å²) in [6, 6.07) is 0. The van der Waals surface area contributed by atoms with E-state index in [1.165, 1.54) is 11.3 Å². The van der Waals surface area contributed by atoms with Crippen LogP contribution in [0.5, 0.6) is 10.9 Å². The minimum atomic E-state index is -0.774. The minimum absolute atomic E-state index is 0. The van der Waals surface area contributed by atoms with Crippen molar-refractivity contribution in [3.05, 3.63) is 0 Å². The van der Waals surface area contributed by atoms with Crippen molar-refractivity contribution in [1.29, 1.82) is 0 Å². The number of hydrogen-bond acceptors (Lipinski definition) is 5. The quantitative estimate of drug-likeness (QED) is 0.507. The van der Waals surface area contributed by atoms with Crippen molar-refractivity contribution < 1.29 is 33.1 Å². The Morgan fingerprint density at radius 1 is 1.16 bits per heavy atom. The van der Waals surface area contributed by atoms with Crippen LogP contribution in [0.3, 0.4) is 0 Å². The Bertz CT molecular complexity index is 396. The van der Waals surface area contributed by atoms with E-state index < -0.39 is 5.79 Å². The standard InChI is InChI=1S/C12H20BNO3S.Li/c1-7(2)15-10-9(14-11(13)18-10)17-12(5,6)16-8(3)4;/h7-8H,1-6H3;/q-1;+1. The maximum atomic E-state index is 5.74. The molecule has 1 rings (SSSR count). The molecule has 0 fully saturated rings. The van der Waals surface area contributed by atoms with Gasteiger partial charge >= 0.3 is 18.9 Å². The first-order valence-corrected chi connectivity index (χ1v) is 6.81. The molecule has 0 spiro atoms. The second-order valence-electron chi connectivity index (χ2n) is 4.98. The SMILES string of the molecule is [B-]c1nc(OC(C)(C)OC(C)C)c(OC(C)C)s1.[Li+]. The molecule has 3 radical (unpaired) electrons. The van der Waals surface area contributed by atoms with Gasteiger partial charge in [0.15, 0.2) is 0 Å². The van der Waals surface area contributed by atoms with Crippen LogP contribution in [0, 0.1) is 0 Å². The van der Waals surface area contributed by atoms with Crippen molar-refractivity contribution in [2.75, 3.05) is 0 Å². The molecule has 0 N–H and O–H groups in total. The molecule has 0 saturated heterocycles. The topological polar surface area (TPSA) is 40.6 Å². The van der Waals surface area contributed by atoms with Gasteiger partial charge < -0.3 is 22.1 Å². The molecule has 0 aromatic carbocycles. The van der Waals surface area contributed by atoms with E-state index >= 15 is 0 Å². The van der Waals surface area contributed by atoms with Gasteiger partial charge in [0, 0.05) is 13.8 Å². The molecule has 0 bridgehead atoms. The number of ether oxygens (including phenoxy) is 3. The molecule has 1 heterocycles. The van der Waals surface area contributed by atoms with E-state index in [2.05, 4.69) is 4.98 Å². The van der Waals surface area contributed by atoms with E-state index in [1.54, 1.807) is 0 Å². The van der Waals surface area contributed by atoms with E-state index in [0.717, 1.165) is 0 Å². The Kier molecular flexibility index (Phi) is 7.53. The van der Waals surface area contributed by atoms with Crippen molar-refractivity contribution in [3.8, 4) is 10.9 Å². The third kappa shape index (κ3) is 6.71. The maximum absolute atomic E-state index is 5.74. The number of nitrogens with zero attached hydrogens (tertiary/aromatic N) is 1. The van der Waals surface area contributed by atoms with Gasteiger partial charge in [0.2, 0.25) is 10.9 Å². The van der Waals surface area contributed by atoms with Crippen molar-refractivity contribution in [1.82, 2.24) is 4.98 Å². The minimum Gasteiger partial charge on any atom is -0.538 e. The summed E-state index contributed by atoms with van der Waals surface area (Å²) >= 11 is 1.27. The van der Waals surface area contributed by atoms with Crippen LogP contribution >= 0.6 is 11.3 Å². The van der Waals surface area contributed by atoms with Gasteiger partial charge in [-0.15, -0.1) is 11.3 Å². The van der Waals surface area contributed by atoms with Gasteiger partial charge in [-0.05, 0) is 27.7 Å². The third-order valence-electron chi connectivity index (χ3n) is 1.79. The number of rotatable bonds is 6. The number of thiazole rings is 1. The zero-order valence-electron chi connectivity index (χ0n) is 12.8. The summed E-state index contributed by atoms with van der Waals surface area (Å²) in [6.45, 7) is 11.5. The molecule has 0 amide bonds. The average molecular weight is 276 g/mol. The maximum Gasteiger partial charge on any atom is 1.00 e. The van der Waals surface area contributed by atoms with Gasteiger partial charge in [-0.3, -0.25) is 4.98 Å². The largest absolute Gasteiger partial charge is 1.00 e. The zero-order chi connectivity index (χ0) is 13.9. The van der Waals surface area contributed by atoms with Crippen LogP contribution in [0.2, 0.25) is 0 Å². The van der Waals surface area contributed by atoms with Crippen LogP contribution in [0.1, 0.15) is 41.5 Å². The smallest absolute Gasteiger partial charge is 0.538 e. The monoisotopic (exact) mass is 276 g/mol. The first kappa shape index (κ1) is 18.9. The van der Waals surface area contributed by atoms with Crippen LogP contribution in [-0.4, -0.2) is 30.8 Å². The second-order valence-corrected chi connectivity index (χ2v) is 5.97. The molecule has 0 unspecified atom stereocenters. The van der Waals surface area contributed by atoms with Crippen LogP contribution < -0.4 is 33.2 Å². The van der Waals surface area contributed by atoms with Crippen LogP contribution in [0.15, 0.2) is 0 Å². The predicted octanol–water partition coefficient (Wildman–Crippen LogP) is -0.732. The zero-order valence-corrected chi connectivity index (χ0v) is 13.6. The van der Waals surface area contributed by atoms with Gasteiger partial charge in [-0.2, -0.15) is 4.91 Å². The first-order chi connectivity index (χ1) is 8.19. The summed E-state index contributed by atoms with van der Waals surface area (Å²) in [5, 5.41) is 0.586. The van der Waals surface area contributed by atoms with E-state index in [4.69, 9.17) is 22.1 Å². The molecular weight excluding hydrogens is 256 g/mol. The average Bonchev–Trinajstić information content (AvgIpc) is 2.41. The fraction of sp³-hybridized carbons (Fsp3) is 0.750.